The van der Waals surface area contributed by atoms with Gasteiger partial charge in [-0.15, -0.1) is 0 Å². The van der Waals surface area contributed by atoms with E-state index in [0.717, 1.165) is 6.20 Å². The minimum atomic E-state index is -3.56. The van der Waals surface area contributed by atoms with E-state index in [9.17, 15) is 27.5 Å². The molecule has 10 nitrogen and oxygen atoms in total. The van der Waals surface area contributed by atoms with E-state index >= 15 is 0 Å². The van der Waals surface area contributed by atoms with Gasteiger partial charge in [0.2, 0.25) is 15.9 Å². The van der Waals surface area contributed by atoms with Gasteiger partial charge in [-0.05, 0) is 49.8 Å². The van der Waals surface area contributed by atoms with Gasteiger partial charge in [-0.3, -0.25) is 18.5 Å². The van der Waals surface area contributed by atoms with Crippen molar-refractivity contribution in [2.75, 3.05) is 23.2 Å². The van der Waals surface area contributed by atoms with Gasteiger partial charge in [0, 0.05) is 13.1 Å². The van der Waals surface area contributed by atoms with Crippen molar-refractivity contribution in [3.8, 4) is 5.75 Å². The van der Waals surface area contributed by atoms with Crippen molar-refractivity contribution < 1.29 is 27.4 Å². The fourth-order valence-corrected chi connectivity index (χ4v) is 7.12. The molecule has 3 heterocycles. The average Bonchev–Trinajstić information content (AvgIpc) is 3.24. The molecule has 5 rings (SSSR count). The number of fused-ring (bicyclic) bond motifs is 2. The molecule has 1 saturated heterocycles. The van der Waals surface area contributed by atoms with E-state index in [1.54, 1.807) is 0 Å². The normalized spacial score (nSPS) is 25.4. The first-order chi connectivity index (χ1) is 16.7. The molecule has 188 valence electrons. The molecule has 2 atom stereocenters. The molecule has 2 aromatic rings. The van der Waals surface area contributed by atoms with Crippen molar-refractivity contribution in [2.45, 2.75) is 50.8 Å². The van der Waals surface area contributed by atoms with Crippen LogP contribution in [0.5, 0.6) is 5.75 Å². The number of amides is 1. The molecular weight excluding hydrogens is 479 g/mol. The number of rotatable bonds is 4. The number of aromatic nitrogens is 2. The number of carbonyl (C=O) groups is 1. The standard InChI is InChI=1S/C23H27FN4O6S/c24-16-6-5-15(18(12-16)28-8-1-2-11-35(28,32)33)13-25-20(30)17-4-3-7-23(17)22-26-14-19(29)21(31)27(22)9-10-34-23/h5-6,12,14,17,29H,1-4,7-11,13H2,(H,25,30). The second kappa shape index (κ2) is 8.90. The van der Waals surface area contributed by atoms with Gasteiger partial charge in [0.05, 0.1) is 36.7 Å². The second-order valence-electron chi connectivity index (χ2n) is 9.19. The van der Waals surface area contributed by atoms with Crippen molar-refractivity contribution in [3.63, 3.8) is 0 Å². The van der Waals surface area contributed by atoms with Gasteiger partial charge in [-0.2, -0.15) is 0 Å². The number of hydrogen-bond donors (Lipinski definition) is 2. The summed E-state index contributed by atoms with van der Waals surface area (Å²) in [4.78, 5) is 30.1. The van der Waals surface area contributed by atoms with E-state index in [0.29, 0.717) is 43.5 Å². The maximum atomic E-state index is 14.1. The number of halogens is 1. The topological polar surface area (TPSA) is 131 Å². The molecule has 35 heavy (non-hydrogen) atoms. The molecule has 1 aromatic heterocycles. The Balaban J connectivity index is 1.41. The average molecular weight is 507 g/mol. The monoisotopic (exact) mass is 506 g/mol. The van der Waals surface area contributed by atoms with Crippen LogP contribution in [0.25, 0.3) is 0 Å². The molecule has 1 amide bonds. The van der Waals surface area contributed by atoms with Crippen LogP contribution in [0.3, 0.4) is 0 Å². The molecular formula is C23H27FN4O6S. The highest BCUT2D eigenvalue weighted by Crippen LogP contribution is 2.47. The largest absolute Gasteiger partial charge is 0.502 e. The Morgan fingerprint density at radius 3 is 2.91 bits per heavy atom. The first-order valence-corrected chi connectivity index (χ1v) is 13.3. The number of anilines is 1. The fraction of sp³-hybridized carbons (Fsp3) is 0.522. The van der Waals surface area contributed by atoms with Crippen LogP contribution in [-0.4, -0.2) is 47.9 Å². The number of nitrogens with zero attached hydrogens (tertiary/aromatic N) is 3. The minimum absolute atomic E-state index is 0.00141. The van der Waals surface area contributed by atoms with Crippen molar-refractivity contribution in [3.05, 3.63) is 52.0 Å². The quantitative estimate of drug-likeness (QED) is 0.640. The summed E-state index contributed by atoms with van der Waals surface area (Å²) in [5.74, 6) is -1.65. The van der Waals surface area contributed by atoms with Crippen LogP contribution in [0, 0.1) is 11.7 Å². The van der Waals surface area contributed by atoms with Crippen molar-refractivity contribution >= 4 is 21.6 Å². The summed E-state index contributed by atoms with van der Waals surface area (Å²) in [6, 6.07) is 3.91. The van der Waals surface area contributed by atoms with E-state index < -0.39 is 38.7 Å². The molecule has 1 aromatic carbocycles. The smallest absolute Gasteiger partial charge is 0.295 e. The summed E-state index contributed by atoms with van der Waals surface area (Å²) >= 11 is 0. The SMILES string of the molecule is O=C(NCc1ccc(F)cc1N1CCCCS1(=O)=O)C1CCCC12OCCn1c2ncc(O)c1=O. The van der Waals surface area contributed by atoms with Gasteiger partial charge >= 0.3 is 0 Å². The highest BCUT2D eigenvalue weighted by Gasteiger charge is 2.53. The molecule has 0 radical (unpaired) electrons. The highest BCUT2D eigenvalue weighted by atomic mass is 32.2. The van der Waals surface area contributed by atoms with E-state index in [1.807, 2.05) is 0 Å². The van der Waals surface area contributed by atoms with Crippen LogP contribution in [0.2, 0.25) is 0 Å². The number of nitrogens with one attached hydrogen (secondary N) is 1. The maximum Gasteiger partial charge on any atom is 0.295 e. The predicted molar refractivity (Wildman–Crippen MR) is 124 cm³/mol. The highest BCUT2D eigenvalue weighted by molar-refractivity contribution is 7.92. The summed E-state index contributed by atoms with van der Waals surface area (Å²) in [5, 5.41) is 12.7. The molecule has 2 unspecified atom stereocenters. The van der Waals surface area contributed by atoms with E-state index in [1.165, 1.54) is 27.1 Å². The number of aromatic hydroxyl groups is 1. The van der Waals surface area contributed by atoms with Gasteiger partial charge in [0.15, 0.2) is 5.75 Å². The van der Waals surface area contributed by atoms with Crippen LogP contribution in [-0.2, 0) is 38.2 Å². The second-order valence-corrected chi connectivity index (χ2v) is 11.2. The Kier molecular flexibility index (Phi) is 6.04. The van der Waals surface area contributed by atoms with Gasteiger partial charge in [-0.25, -0.2) is 17.8 Å². The van der Waals surface area contributed by atoms with E-state index in [-0.39, 0.29) is 43.6 Å². The van der Waals surface area contributed by atoms with Gasteiger partial charge in [0.25, 0.3) is 5.56 Å². The van der Waals surface area contributed by atoms with Crippen molar-refractivity contribution in [1.82, 2.24) is 14.9 Å². The molecule has 2 aliphatic heterocycles. The lowest BCUT2D eigenvalue weighted by Gasteiger charge is -2.39. The molecule has 12 heteroatoms. The van der Waals surface area contributed by atoms with Gasteiger partial charge in [0.1, 0.15) is 17.2 Å². The first-order valence-electron chi connectivity index (χ1n) is 11.7. The summed E-state index contributed by atoms with van der Waals surface area (Å²) < 4.78 is 48.0. The zero-order valence-corrected chi connectivity index (χ0v) is 19.9. The lowest BCUT2D eigenvalue weighted by Crippen LogP contribution is -2.50. The Hall–Kier alpha value is -2.99. The lowest BCUT2D eigenvalue weighted by atomic mass is 9.87. The third-order valence-electron chi connectivity index (χ3n) is 7.12. The summed E-state index contributed by atoms with van der Waals surface area (Å²) in [5.41, 5.74) is -0.935. The van der Waals surface area contributed by atoms with Gasteiger partial charge < -0.3 is 15.2 Å². The summed E-state index contributed by atoms with van der Waals surface area (Å²) in [6.45, 7) is 0.699. The van der Waals surface area contributed by atoms with E-state index in [2.05, 4.69) is 10.3 Å². The third kappa shape index (κ3) is 4.08. The summed E-state index contributed by atoms with van der Waals surface area (Å²) in [6.07, 6.45) is 4.00. The zero-order valence-electron chi connectivity index (χ0n) is 19.1. The van der Waals surface area contributed by atoms with Crippen LogP contribution in [0.1, 0.15) is 43.5 Å². The number of ether oxygens (including phenoxy) is 1. The van der Waals surface area contributed by atoms with Crippen LogP contribution in [0.15, 0.2) is 29.2 Å². The summed E-state index contributed by atoms with van der Waals surface area (Å²) in [7, 11) is -3.56. The van der Waals surface area contributed by atoms with Crippen LogP contribution < -0.4 is 15.2 Å². The van der Waals surface area contributed by atoms with Crippen molar-refractivity contribution in [1.29, 1.82) is 0 Å². The molecule has 3 aliphatic rings. The number of hydrogen-bond acceptors (Lipinski definition) is 7. The predicted octanol–water partition coefficient (Wildman–Crippen LogP) is 1.36. The zero-order chi connectivity index (χ0) is 24.8. The molecule has 2 fully saturated rings. The molecule has 2 N–H and O–H groups in total. The first kappa shape index (κ1) is 23.7. The molecule has 1 aliphatic carbocycles. The minimum Gasteiger partial charge on any atom is -0.502 e. The lowest BCUT2D eigenvalue weighted by molar-refractivity contribution is -0.146. The Morgan fingerprint density at radius 1 is 1.29 bits per heavy atom. The molecule has 0 bridgehead atoms. The number of sulfonamides is 1. The Bertz CT molecular complexity index is 1330. The number of benzene rings is 1. The fourth-order valence-electron chi connectivity index (χ4n) is 5.45. The van der Waals surface area contributed by atoms with Gasteiger partial charge in [-0.1, -0.05) is 6.07 Å². The third-order valence-corrected chi connectivity index (χ3v) is 8.98. The number of carbonyl (C=O) groups excluding carboxylic acids is 1. The maximum absolute atomic E-state index is 14.1. The van der Waals surface area contributed by atoms with Crippen molar-refractivity contribution in [2.24, 2.45) is 5.92 Å². The molecule has 1 spiro atoms. The van der Waals surface area contributed by atoms with Crippen LogP contribution in [0.4, 0.5) is 10.1 Å². The van der Waals surface area contributed by atoms with Crippen LogP contribution >= 0.6 is 0 Å². The van der Waals surface area contributed by atoms with E-state index in [4.69, 9.17) is 4.74 Å². The molecule has 1 saturated carbocycles. The Morgan fingerprint density at radius 2 is 2.11 bits per heavy atom. The Labute approximate surface area is 201 Å².